The van der Waals surface area contributed by atoms with Gasteiger partial charge in [0, 0.05) is 12.4 Å². The van der Waals surface area contributed by atoms with E-state index in [2.05, 4.69) is 9.97 Å². The molecule has 0 aromatic carbocycles. The monoisotopic (exact) mass is 220 g/mol. The van der Waals surface area contributed by atoms with Crippen LogP contribution in [0.4, 0.5) is 0 Å². The Bertz CT molecular complexity index is 490. The molecule has 2 aromatic rings. The lowest BCUT2D eigenvalue weighted by Crippen LogP contribution is -2.15. The van der Waals surface area contributed by atoms with Gasteiger partial charge in [-0.1, -0.05) is 20.8 Å². The fourth-order valence-electron chi connectivity index (χ4n) is 1.43. The smallest absolute Gasteiger partial charge is 0.285 e. The highest BCUT2D eigenvalue weighted by Crippen LogP contribution is 2.11. The van der Waals surface area contributed by atoms with Crippen molar-refractivity contribution in [3.8, 4) is 0 Å². The largest absolute Gasteiger partial charge is 0.363 e. The van der Waals surface area contributed by atoms with Crippen LogP contribution in [0.15, 0.2) is 18.6 Å². The van der Waals surface area contributed by atoms with Gasteiger partial charge in [-0.2, -0.15) is 0 Å². The van der Waals surface area contributed by atoms with Gasteiger partial charge in [0.25, 0.3) is 5.91 Å². The van der Waals surface area contributed by atoms with Crippen LogP contribution >= 0.6 is 0 Å². The van der Waals surface area contributed by atoms with Gasteiger partial charge in [-0.3, -0.25) is 14.2 Å². The van der Waals surface area contributed by atoms with E-state index < -0.39 is 5.91 Å². The van der Waals surface area contributed by atoms with Crippen molar-refractivity contribution < 1.29 is 4.79 Å². The van der Waals surface area contributed by atoms with Gasteiger partial charge in [0.15, 0.2) is 0 Å². The average molecular weight is 220 g/mol. The second kappa shape index (κ2) is 5.25. The van der Waals surface area contributed by atoms with E-state index in [9.17, 15) is 4.79 Å². The van der Waals surface area contributed by atoms with Crippen LogP contribution in [-0.4, -0.2) is 20.3 Å². The van der Waals surface area contributed by atoms with E-state index in [-0.39, 0.29) is 5.82 Å². The van der Waals surface area contributed by atoms with E-state index in [0.29, 0.717) is 0 Å². The maximum absolute atomic E-state index is 11.1. The lowest BCUT2D eigenvalue weighted by Gasteiger charge is -1.94. The SMILES string of the molecule is CC.CCc1nc(C(N)=O)n2ccncc12. The topological polar surface area (TPSA) is 73.3 Å². The molecule has 1 amide bonds. The third-order valence-electron chi connectivity index (χ3n) is 2.08. The molecule has 2 aromatic heterocycles. The summed E-state index contributed by atoms with van der Waals surface area (Å²) in [6, 6.07) is 0. The van der Waals surface area contributed by atoms with Crippen LogP contribution in [0, 0.1) is 0 Å². The first-order valence-corrected chi connectivity index (χ1v) is 5.34. The van der Waals surface area contributed by atoms with Crippen molar-refractivity contribution in [2.24, 2.45) is 5.73 Å². The van der Waals surface area contributed by atoms with E-state index in [1.54, 1.807) is 23.0 Å². The number of amides is 1. The van der Waals surface area contributed by atoms with Crippen LogP contribution < -0.4 is 5.73 Å². The highest BCUT2D eigenvalue weighted by molar-refractivity contribution is 5.90. The highest BCUT2D eigenvalue weighted by atomic mass is 16.1. The van der Waals surface area contributed by atoms with E-state index >= 15 is 0 Å². The van der Waals surface area contributed by atoms with Gasteiger partial charge in [-0.25, -0.2) is 4.98 Å². The fraction of sp³-hybridized carbons (Fsp3) is 0.364. The zero-order valence-electron chi connectivity index (χ0n) is 9.77. The molecule has 0 aliphatic carbocycles. The van der Waals surface area contributed by atoms with Crippen LogP contribution in [0.3, 0.4) is 0 Å². The Morgan fingerprint density at radius 1 is 1.50 bits per heavy atom. The molecule has 0 aliphatic rings. The predicted molar refractivity (Wildman–Crippen MR) is 62.2 cm³/mol. The molecule has 86 valence electrons. The van der Waals surface area contributed by atoms with E-state index in [4.69, 9.17) is 5.73 Å². The van der Waals surface area contributed by atoms with Gasteiger partial charge in [0.2, 0.25) is 5.82 Å². The second-order valence-electron chi connectivity index (χ2n) is 2.93. The fourth-order valence-corrected chi connectivity index (χ4v) is 1.43. The number of primary amides is 1. The molecule has 0 spiro atoms. The van der Waals surface area contributed by atoms with Crippen LogP contribution in [-0.2, 0) is 6.42 Å². The first-order valence-electron chi connectivity index (χ1n) is 5.34. The summed E-state index contributed by atoms with van der Waals surface area (Å²) in [4.78, 5) is 19.2. The summed E-state index contributed by atoms with van der Waals surface area (Å²) < 4.78 is 1.66. The first kappa shape index (κ1) is 12.2. The number of imidazole rings is 1. The molecule has 0 saturated heterocycles. The summed E-state index contributed by atoms with van der Waals surface area (Å²) in [5, 5.41) is 0. The van der Waals surface area contributed by atoms with Crippen molar-refractivity contribution in [1.82, 2.24) is 14.4 Å². The standard InChI is InChI=1S/C9H10N4O.C2H6/c1-2-6-7-5-11-3-4-13(7)9(12-6)8(10)14;1-2/h3-5H,2H2,1H3,(H2,10,14);1-2H3. The molecular weight excluding hydrogens is 204 g/mol. The van der Waals surface area contributed by atoms with Crippen LogP contribution in [0.5, 0.6) is 0 Å². The molecule has 0 atom stereocenters. The minimum atomic E-state index is -0.522. The third kappa shape index (κ3) is 2.03. The van der Waals surface area contributed by atoms with Crippen molar-refractivity contribution in [3.63, 3.8) is 0 Å². The summed E-state index contributed by atoms with van der Waals surface area (Å²) in [6.07, 6.45) is 5.71. The summed E-state index contributed by atoms with van der Waals surface area (Å²) in [7, 11) is 0. The number of aryl methyl sites for hydroxylation is 1. The van der Waals surface area contributed by atoms with E-state index in [0.717, 1.165) is 17.6 Å². The lowest BCUT2D eigenvalue weighted by molar-refractivity contribution is 0.0990. The van der Waals surface area contributed by atoms with Crippen molar-refractivity contribution in [3.05, 3.63) is 30.1 Å². The molecule has 0 fully saturated rings. The molecule has 2 N–H and O–H groups in total. The second-order valence-corrected chi connectivity index (χ2v) is 2.93. The zero-order valence-corrected chi connectivity index (χ0v) is 9.77. The van der Waals surface area contributed by atoms with Gasteiger partial charge in [-0.05, 0) is 6.42 Å². The summed E-state index contributed by atoms with van der Waals surface area (Å²) >= 11 is 0. The van der Waals surface area contributed by atoms with Gasteiger partial charge in [0.1, 0.15) is 0 Å². The Hall–Kier alpha value is -1.91. The average Bonchev–Trinajstić information content (AvgIpc) is 2.70. The van der Waals surface area contributed by atoms with Gasteiger partial charge >= 0.3 is 0 Å². The Labute approximate surface area is 94.3 Å². The normalized spacial score (nSPS) is 9.69. The number of rotatable bonds is 2. The number of nitrogens with zero attached hydrogens (tertiary/aromatic N) is 3. The van der Waals surface area contributed by atoms with Crippen LogP contribution in [0.1, 0.15) is 37.1 Å². The molecule has 0 radical (unpaired) electrons. The minimum absolute atomic E-state index is 0.263. The Morgan fingerprint density at radius 3 is 2.75 bits per heavy atom. The summed E-state index contributed by atoms with van der Waals surface area (Å²) in [5.74, 6) is -0.259. The molecule has 0 unspecified atom stereocenters. The number of aromatic nitrogens is 3. The predicted octanol–water partition coefficient (Wildman–Crippen LogP) is 1.42. The molecule has 0 aliphatic heterocycles. The van der Waals surface area contributed by atoms with Gasteiger partial charge in [0.05, 0.1) is 17.4 Å². The third-order valence-corrected chi connectivity index (χ3v) is 2.08. The van der Waals surface area contributed by atoms with Crippen LogP contribution in [0.2, 0.25) is 0 Å². The summed E-state index contributed by atoms with van der Waals surface area (Å²) in [6.45, 7) is 5.97. The Kier molecular flexibility index (Phi) is 3.99. The first-order chi connectivity index (χ1) is 7.74. The lowest BCUT2D eigenvalue weighted by atomic mass is 10.3. The van der Waals surface area contributed by atoms with Gasteiger partial charge in [-0.15, -0.1) is 0 Å². The molecule has 2 heterocycles. The van der Waals surface area contributed by atoms with Crippen molar-refractivity contribution >= 4 is 11.4 Å². The molecule has 0 bridgehead atoms. The molecule has 2 rings (SSSR count). The maximum atomic E-state index is 11.1. The van der Waals surface area contributed by atoms with Crippen LogP contribution in [0.25, 0.3) is 5.52 Å². The number of hydrogen-bond donors (Lipinski definition) is 1. The molecule has 5 nitrogen and oxygen atoms in total. The van der Waals surface area contributed by atoms with Gasteiger partial charge < -0.3 is 5.73 Å². The number of hydrogen-bond acceptors (Lipinski definition) is 3. The molecular formula is C11H16N4O. The minimum Gasteiger partial charge on any atom is -0.363 e. The molecule has 16 heavy (non-hydrogen) atoms. The molecule has 5 heteroatoms. The van der Waals surface area contributed by atoms with E-state index in [1.165, 1.54) is 0 Å². The molecule has 0 saturated carbocycles. The summed E-state index contributed by atoms with van der Waals surface area (Å²) in [5.41, 5.74) is 6.88. The van der Waals surface area contributed by atoms with Crippen molar-refractivity contribution in [1.29, 1.82) is 0 Å². The Balaban J connectivity index is 0.000000606. The number of carbonyl (C=O) groups is 1. The van der Waals surface area contributed by atoms with Crippen molar-refractivity contribution in [2.75, 3.05) is 0 Å². The van der Waals surface area contributed by atoms with E-state index in [1.807, 2.05) is 20.8 Å². The number of nitrogens with two attached hydrogens (primary N) is 1. The number of carbonyl (C=O) groups excluding carboxylic acids is 1. The Morgan fingerprint density at radius 2 is 2.19 bits per heavy atom. The van der Waals surface area contributed by atoms with Crippen molar-refractivity contribution in [2.45, 2.75) is 27.2 Å². The highest BCUT2D eigenvalue weighted by Gasteiger charge is 2.12. The maximum Gasteiger partial charge on any atom is 0.285 e. The zero-order chi connectivity index (χ0) is 12.1. The number of fused-ring (bicyclic) bond motifs is 1. The quantitative estimate of drug-likeness (QED) is 0.831.